The number of carbonyl (C=O) groups is 3. The molecule has 6 heterocycles. The van der Waals surface area contributed by atoms with Crippen LogP contribution in [0.25, 0.3) is 0 Å². The van der Waals surface area contributed by atoms with Crippen LogP contribution in [0.1, 0.15) is 106 Å². The number of aromatic nitrogens is 18. The van der Waals surface area contributed by atoms with Gasteiger partial charge >= 0.3 is 17.9 Å². The summed E-state index contributed by atoms with van der Waals surface area (Å²) < 4.78 is 0. The lowest BCUT2D eigenvalue weighted by atomic mass is 10.2. The number of aliphatic carboxylic acids is 3. The monoisotopic (exact) mass is 1270 g/mol. The van der Waals surface area contributed by atoms with E-state index in [1.54, 1.807) is 0 Å². The molecule has 91 heavy (non-hydrogen) atoms. The molecule has 0 bridgehead atoms. The highest BCUT2D eigenvalue weighted by atomic mass is 16.4. The highest BCUT2D eigenvalue weighted by Crippen LogP contribution is 2.14. The molecule has 22 N–H and O–H groups in total. The minimum absolute atomic E-state index is 0.0751. The van der Waals surface area contributed by atoms with Gasteiger partial charge in [0.2, 0.25) is 71.0 Å². The number of aromatic amines is 1. The van der Waals surface area contributed by atoms with Crippen molar-refractivity contribution >= 4 is 83.3 Å². The summed E-state index contributed by atoms with van der Waals surface area (Å²) in [5.74, 6) is 3.82. The summed E-state index contributed by atoms with van der Waals surface area (Å²) in [6.45, 7) is 7.13. The highest BCUT2D eigenvalue weighted by Gasteiger charge is 2.14. The summed E-state index contributed by atoms with van der Waals surface area (Å²) in [6.07, 6.45) is 7.36. The first-order valence-corrected chi connectivity index (χ1v) is 30.4. The van der Waals surface area contributed by atoms with Crippen LogP contribution in [-0.4, -0.2) is 215 Å². The lowest BCUT2D eigenvalue weighted by Crippen LogP contribution is -2.22. The van der Waals surface area contributed by atoms with Gasteiger partial charge < -0.3 is 96.4 Å². The van der Waals surface area contributed by atoms with Crippen molar-refractivity contribution < 1.29 is 29.7 Å². The third-order valence-corrected chi connectivity index (χ3v) is 12.3. The van der Waals surface area contributed by atoms with Crippen molar-refractivity contribution in [2.45, 2.75) is 110 Å². The first-order chi connectivity index (χ1) is 44.2. The van der Waals surface area contributed by atoms with Gasteiger partial charge in [-0.3, -0.25) is 14.4 Å². The Bertz CT molecular complexity index is 3270. The summed E-state index contributed by atoms with van der Waals surface area (Å²) in [4.78, 5) is 118. The minimum atomic E-state index is -0.966. The van der Waals surface area contributed by atoms with Gasteiger partial charge in [0.05, 0.1) is 19.3 Å². The summed E-state index contributed by atoms with van der Waals surface area (Å²) in [6, 6.07) is 0. The first kappa shape index (κ1) is 70.0. The van der Waals surface area contributed by atoms with Crippen molar-refractivity contribution in [2.24, 2.45) is 22.2 Å². The zero-order chi connectivity index (χ0) is 64.8. The van der Waals surface area contributed by atoms with Crippen LogP contribution in [0.5, 0.6) is 0 Å². The number of H-pyrrole nitrogens is 1. The van der Waals surface area contributed by atoms with Gasteiger partial charge in [-0.05, 0) is 38.5 Å². The van der Waals surface area contributed by atoms with Crippen LogP contribution in [0.15, 0.2) is 4.99 Å². The maximum absolute atomic E-state index is 11.4. The molecule has 0 amide bonds. The van der Waals surface area contributed by atoms with Crippen molar-refractivity contribution in [3.05, 3.63) is 40.6 Å². The zero-order valence-electron chi connectivity index (χ0n) is 51.1. The Balaban J connectivity index is 1.03. The molecular weight excluding hydrogens is 1180 g/mol. The van der Waals surface area contributed by atoms with E-state index in [-0.39, 0.29) is 56.4 Å². The maximum Gasteiger partial charge on any atom is 0.305 e. The van der Waals surface area contributed by atoms with E-state index in [1.807, 2.05) is 0 Å². The van der Waals surface area contributed by atoms with E-state index in [2.05, 4.69) is 155 Å². The molecule has 0 aliphatic carbocycles. The largest absolute Gasteiger partial charge is 0.481 e. The number of carboxylic acid groups (broad SMARTS) is 3. The number of nitrogens with zero attached hydrogens (tertiary/aromatic N) is 18. The van der Waals surface area contributed by atoms with Crippen molar-refractivity contribution in [1.82, 2.24) is 89.7 Å². The van der Waals surface area contributed by atoms with Crippen molar-refractivity contribution in [2.75, 3.05) is 151 Å². The number of hydrogen-bond acceptors (Lipinski definition) is 35. The molecule has 0 aliphatic heterocycles. The van der Waals surface area contributed by atoms with Crippen LogP contribution in [0.4, 0.5) is 65.4 Å². The van der Waals surface area contributed by atoms with Crippen LogP contribution in [-0.2, 0) is 52.9 Å². The molecule has 0 radical (unpaired) electrons. The van der Waals surface area contributed by atoms with Crippen LogP contribution in [0.2, 0.25) is 0 Å². The minimum Gasteiger partial charge on any atom is -0.481 e. The fraction of sp³-hybridized carbons (Fsp3) is 0.596. The van der Waals surface area contributed by atoms with Crippen molar-refractivity contribution in [1.29, 1.82) is 0 Å². The second kappa shape index (κ2) is 39.8. The topological polar surface area (TPSA) is 584 Å². The van der Waals surface area contributed by atoms with Crippen LogP contribution in [0.3, 0.4) is 0 Å². The molecular formula is C52H85N33O6. The van der Waals surface area contributed by atoms with Crippen LogP contribution < -0.4 is 81.7 Å². The average Bonchev–Trinajstić information content (AvgIpc) is 3.71. The Morgan fingerprint density at radius 3 is 1.07 bits per heavy atom. The van der Waals surface area contributed by atoms with Crippen LogP contribution in [0, 0.1) is 0 Å². The van der Waals surface area contributed by atoms with E-state index in [1.165, 1.54) is 0 Å². The molecule has 39 heteroatoms. The number of carboxylic acids is 3. The Labute approximate surface area is 524 Å². The predicted molar refractivity (Wildman–Crippen MR) is 339 cm³/mol. The molecule has 6 aromatic rings. The molecule has 6 rings (SSSR count). The molecule has 6 aromatic heterocycles. The molecule has 494 valence electrons. The zero-order valence-corrected chi connectivity index (χ0v) is 51.1. The molecule has 0 unspecified atom stereocenters. The van der Waals surface area contributed by atoms with Crippen molar-refractivity contribution in [3.8, 4) is 0 Å². The van der Waals surface area contributed by atoms with Crippen LogP contribution >= 0.6 is 0 Å². The first-order valence-electron chi connectivity index (χ1n) is 30.4. The maximum atomic E-state index is 11.4. The fourth-order valence-corrected chi connectivity index (χ4v) is 8.05. The molecule has 0 saturated heterocycles. The summed E-state index contributed by atoms with van der Waals surface area (Å²) in [7, 11) is 0. The predicted octanol–water partition coefficient (Wildman–Crippen LogP) is -0.862. The molecule has 0 saturated carbocycles. The Morgan fingerprint density at radius 1 is 0.374 bits per heavy atom. The Morgan fingerprint density at radius 2 is 0.692 bits per heavy atom. The molecule has 0 aromatic carbocycles. The lowest BCUT2D eigenvalue weighted by molar-refractivity contribution is -0.137. The van der Waals surface area contributed by atoms with Gasteiger partial charge in [-0.25, -0.2) is 4.99 Å². The third kappa shape index (κ3) is 28.3. The summed E-state index contributed by atoms with van der Waals surface area (Å²) in [5, 5.41) is 58.9. The molecule has 0 fully saturated rings. The number of rotatable bonds is 48. The standard InChI is InChI=1S/C52H85N33O6/c1-2-3-9-33-70-43(81-48(71-33)62-26-15-38(86)87)58-22-7-13-36-74-46(84-51(78-36)66-30-19-54)61-25-6-12-35-73-45(83-50(77-35)64-28-17-40(90)91)59-23-8-14-37-75-47(85-52(79-37)67-31-20-55)60-24-5-11-34-72-44(82-49(76-34)63-27-16-39(88)89)57-21-4-10-32-68-41(56)80-42(69-32)65-29-18-53/h2-31,53-55H2,1H3,(H,86,87)(H,88,89)(H,90,91)(H3,56,65,68,69,80)(H2,57,63,72,76,82)(H2,58,62,70,71,81)(H2,59,64,73,77,83)(H2,60,67,75,79,85)(H2,61,66,74,78,84). The van der Waals surface area contributed by atoms with Gasteiger partial charge in [-0.2, -0.15) is 84.7 Å². The van der Waals surface area contributed by atoms with Gasteiger partial charge in [0.15, 0.2) is 0 Å². The third-order valence-electron chi connectivity index (χ3n) is 12.3. The smallest absolute Gasteiger partial charge is 0.305 e. The molecule has 0 atom stereocenters. The summed E-state index contributed by atoms with van der Waals surface area (Å²) >= 11 is 0. The Hall–Kier alpha value is -10.0. The van der Waals surface area contributed by atoms with Gasteiger partial charge in [0.25, 0.3) is 0 Å². The van der Waals surface area contributed by atoms with E-state index >= 15 is 0 Å². The second-order valence-corrected chi connectivity index (χ2v) is 20.0. The van der Waals surface area contributed by atoms with Gasteiger partial charge in [0.1, 0.15) is 34.9 Å². The lowest BCUT2D eigenvalue weighted by Gasteiger charge is -2.11. The van der Waals surface area contributed by atoms with Crippen molar-refractivity contribution in [3.63, 3.8) is 0 Å². The number of hydrogen-bond donors (Lipinski definition) is 18. The average molecular weight is 1270 g/mol. The fourth-order valence-electron chi connectivity index (χ4n) is 8.05. The molecule has 39 nitrogen and oxygen atoms in total. The number of nitrogen functional groups attached to an aromatic ring is 1. The second-order valence-electron chi connectivity index (χ2n) is 20.0. The quantitative estimate of drug-likeness (QED) is 0.0207. The number of unbranched alkanes of at least 4 members (excludes halogenated alkanes) is 1. The summed E-state index contributed by atoms with van der Waals surface area (Å²) in [5.41, 5.74) is 23.2. The number of nitrogens with two attached hydrogens (primary N) is 4. The number of anilines is 11. The van der Waals surface area contributed by atoms with E-state index < -0.39 is 17.9 Å². The van der Waals surface area contributed by atoms with Gasteiger partial charge in [-0.1, -0.05) is 13.3 Å². The molecule has 0 aliphatic rings. The normalized spacial score (nSPS) is 11.2. The highest BCUT2D eigenvalue weighted by molar-refractivity contribution is 5.68. The SMILES string of the molecule is CCCCc1nc(NCCCc2nc(NCCN)nc(NCCCc3nc(=NCCCc4nc(NCCN)nc(NCCCc5nc(NCCCc6nc(N)nc(NCCN)n6)nc(NCCC(=O)O)n5)n4)nc(NCCC(=O)O)[nH]3)n2)nc(NCCC(=O)O)n1. The number of nitrogens with one attached hydrogen (secondary N) is 11. The van der Waals surface area contributed by atoms with Gasteiger partial charge in [0, 0.05) is 130 Å². The van der Waals surface area contributed by atoms with E-state index in [9.17, 15) is 24.6 Å². The molecule has 0 spiro atoms. The number of aryl methyl sites for hydroxylation is 6. The van der Waals surface area contributed by atoms with E-state index in [0.717, 1.165) is 12.8 Å². The van der Waals surface area contributed by atoms with E-state index in [0.29, 0.717) is 231 Å². The van der Waals surface area contributed by atoms with Gasteiger partial charge in [-0.15, -0.1) is 0 Å². The van der Waals surface area contributed by atoms with E-state index in [4.69, 9.17) is 28.0 Å². The Kier molecular flexibility index (Phi) is 30.6.